The maximum absolute atomic E-state index is 4.13. The van der Waals surface area contributed by atoms with Gasteiger partial charge in [0, 0.05) is 5.75 Å². The Bertz CT molecular complexity index is 571. The molecule has 1 aliphatic rings. The second-order valence-electron chi connectivity index (χ2n) is 6.12. The Morgan fingerprint density at radius 2 is 1.92 bits per heavy atom. The van der Waals surface area contributed by atoms with Crippen LogP contribution in [0, 0.1) is 5.92 Å². The van der Waals surface area contributed by atoms with E-state index in [-0.39, 0.29) is 12.4 Å². The minimum atomic E-state index is 0. The van der Waals surface area contributed by atoms with Crippen molar-refractivity contribution < 1.29 is 0 Å². The quantitative estimate of drug-likeness (QED) is 0.569. The van der Waals surface area contributed by atoms with Gasteiger partial charge in [0.1, 0.15) is 0 Å². The van der Waals surface area contributed by atoms with E-state index in [0.29, 0.717) is 0 Å². The molecule has 2 aromatic rings. The maximum atomic E-state index is 4.13. The molecule has 0 unspecified atom stereocenters. The minimum Gasteiger partial charge on any atom is -0.316 e. The van der Waals surface area contributed by atoms with Crippen molar-refractivity contribution in [2.24, 2.45) is 5.92 Å². The van der Waals surface area contributed by atoms with Gasteiger partial charge in [-0.2, -0.15) is 4.68 Å². The first-order valence-electron chi connectivity index (χ1n) is 8.61. The lowest BCUT2D eigenvalue weighted by Crippen LogP contribution is -2.25. The molecule has 24 heavy (non-hydrogen) atoms. The Balaban J connectivity index is 0.00000208. The number of rotatable bonds is 8. The van der Waals surface area contributed by atoms with Gasteiger partial charge in [-0.05, 0) is 60.8 Å². The summed E-state index contributed by atoms with van der Waals surface area (Å²) in [4.78, 5) is 0. The van der Waals surface area contributed by atoms with Crippen molar-refractivity contribution in [3.8, 4) is 5.69 Å². The van der Waals surface area contributed by atoms with E-state index in [1.54, 1.807) is 16.4 Å². The van der Waals surface area contributed by atoms with E-state index in [4.69, 9.17) is 0 Å². The molecule has 3 rings (SSSR count). The van der Waals surface area contributed by atoms with Crippen LogP contribution in [0.2, 0.25) is 0 Å². The summed E-state index contributed by atoms with van der Waals surface area (Å²) in [5, 5.41) is 16.5. The van der Waals surface area contributed by atoms with Crippen LogP contribution in [0.5, 0.6) is 0 Å². The molecule has 0 amide bonds. The van der Waals surface area contributed by atoms with Gasteiger partial charge in [-0.15, -0.1) is 17.5 Å². The van der Waals surface area contributed by atoms with Crippen LogP contribution < -0.4 is 5.32 Å². The monoisotopic (exact) mass is 367 g/mol. The highest BCUT2D eigenvalue weighted by Gasteiger charge is 2.12. The Morgan fingerprint density at radius 1 is 1.12 bits per heavy atom. The number of hydrogen-bond acceptors (Lipinski definition) is 5. The van der Waals surface area contributed by atoms with Crippen LogP contribution in [0.3, 0.4) is 0 Å². The van der Waals surface area contributed by atoms with E-state index in [9.17, 15) is 0 Å². The van der Waals surface area contributed by atoms with E-state index < -0.39 is 0 Å². The molecular formula is C17H26ClN5S. The molecule has 0 bridgehead atoms. The van der Waals surface area contributed by atoms with Gasteiger partial charge in [-0.25, -0.2) is 0 Å². The average molecular weight is 368 g/mol. The van der Waals surface area contributed by atoms with E-state index in [0.717, 1.165) is 35.5 Å². The zero-order valence-electron chi connectivity index (χ0n) is 13.9. The summed E-state index contributed by atoms with van der Waals surface area (Å²) in [5.74, 6) is 1.94. The summed E-state index contributed by atoms with van der Waals surface area (Å²) in [7, 11) is 0. The number of para-hydroxylation sites is 1. The zero-order chi connectivity index (χ0) is 15.7. The Kier molecular flexibility index (Phi) is 8.56. The number of aromatic nitrogens is 4. The van der Waals surface area contributed by atoms with Crippen LogP contribution >= 0.6 is 24.2 Å². The summed E-state index contributed by atoms with van der Waals surface area (Å²) >= 11 is 1.72. The van der Waals surface area contributed by atoms with E-state index >= 15 is 0 Å². The predicted octanol–water partition coefficient (Wildman–Crippen LogP) is 3.74. The average Bonchev–Trinajstić information content (AvgIpc) is 3.08. The van der Waals surface area contributed by atoms with Crippen molar-refractivity contribution in [1.29, 1.82) is 0 Å². The van der Waals surface area contributed by atoms with E-state index in [1.807, 2.05) is 30.3 Å². The third kappa shape index (κ3) is 5.76. The van der Waals surface area contributed by atoms with Gasteiger partial charge in [-0.1, -0.05) is 49.2 Å². The van der Waals surface area contributed by atoms with Crippen molar-refractivity contribution in [3.63, 3.8) is 0 Å². The third-order valence-electron chi connectivity index (χ3n) is 4.33. The SMILES string of the molecule is Cl.c1ccc(-n2nnnc2SCCCNCC2CCCCC2)cc1. The van der Waals surface area contributed by atoms with Gasteiger partial charge in [0.25, 0.3) is 0 Å². The fraction of sp³-hybridized carbons (Fsp3) is 0.588. The highest BCUT2D eigenvalue weighted by atomic mass is 35.5. The standard InChI is InChI=1S/C17H25N5S.ClH/c1-3-8-15(9-4-1)14-18-12-7-13-23-17-19-20-21-22(17)16-10-5-2-6-11-16;/h2,5-6,10-11,15,18H,1,3-4,7-9,12-14H2;1H. The van der Waals surface area contributed by atoms with Crippen LogP contribution in [0.4, 0.5) is 0 Å². The number of hydrogen-bond donors (Lipinski definition) is 1. The highest BCUT2D eigenvalue weighted by Crippen LogP contribution is 2.23. The van der Waals surface area contributed by atoms with Crippen LogP contribution in [0.25, 0.3) is 5.69 Å². The number of tetrazole rings is 1. The molecule has 132 valence electrons. The molecule has 0 saturated heterocycles. The van der Waals surface area contributed by atoms with Crippen molar-refractivity contribution >= 4 is 24.2 Å². The minimum absolute atomic E-state index is 0. The van der Waals surface area contributed by atoms with Crippen molar-refractivity contribution in [1.82, 2.24) is 25.5 Å². The number of thioether (sulfide) groups is 1. The molecule has 1 aliphatic carbocycles. The fourth-order valence-electron chi connectivity index (χ4n) is 3.06. The molecule has 0 aliphatic heterocycles. The Labute approximate surface area is 154 Å². The van der Waals surface area contributed by atoms with E-state index in [2.05, 4.69) is 20.8 Å². The molecule has 5 nitrogen and oxygen atoms in total. The summed E-state index contributed by atoms with van der Waals surface area (Å²) in [6, 6.07) is 10.0. The number of benzene rings is 1. The van der Waals surface area contributed by atoms with Crippen molar-refractivity contribution in [2.45, 2.75) is 43.7 Å². The summed E-state index contributed by atoms with van der Waals surface area (Å²) in [5.41, 5.74) is 1.01. The van der Waals surface area contributed by atoms with Gasteiger partial charge >= 0.3 is 0 Å². The van der Waals surface area contributed by atoms with Gasteiger partial charge < -0.3 is 5.32 Å². The summed E-state index contributed by atoms with van der Waals surface area (Å²) < 4.78 is 1.81. The first kappa shape index (κ1) is 19.2. The lowest BCUT2D eigenvalue weighted by Gasteiger charge is -2.21. The largest absolute Gasteiger partial charge is 0.316 e. The first-order valence-corrected chi connectivity index (χ1v) is 9.59. The fourth-order valence-corrected chi connectivity index (χ4v) is 3.89. The predicted molar refractivity (Wildman–Crippen MR) is 101 cm³/mol. The second-order valence-corrected chi connectivity index (χ2v) is 7.18. The molecule has 7 heteroatoms. The molecule has 1 saturated carbocycles. The van der Waals surface area contributed by atoms with Gasteiger partial charge in [0.15, 0.2) is 0 Å². The second kappa shape index (κ2) is 10.7. The lowest BCUT2D eigenvalue weighted by molar-refractivity contribution is 0.343. The number of halogens is 1. The lowest BCUT2D eigenvalue weighted by atomic mass is 9.89. The van der Waals surface area contributed by atoms with Gasteiger partial charge in [-0.3, -0.25) is 0 Å². The molecule has 0 radical (unpaired) electrons. The molecular weight excluding hydrogens is 342 g/mol. The van der Waals surface area contributed by atoms with Crippen molar-refractivity contribution in [3.05, 3.63) is 30.3 Å². The Morgan fingerprint density at radius 3 is 2.71 bits per heavy atom. The molecule has 0 spiro atoms. The summed E-state index contributed by atoms with van der Waals surface area (Å²) in [6.45, 7) is 2.27. The molecule has 1 heterocycles. The summed E-state index contributed by atoms with van der Waals surface area (Å²) in [6.07, 6.45) is 8.23. The van der Waals surface area contributed by atoms with Crippen LogP contribution in [0.1, 0.15) is 38.5 Å². The molecule has 1 aromatic carbocycles. The molecule has 1 aromatic heterocycles. The van der Waals surface area contributed by atoms with Crippen molar-refractivity contribution in [2.75, 3.05) is 18.8 Å². The Hall–Kier alpha value is -1.11. The van der Waals surface area contributed by atoms with Gasteiger partial charge in [0.2, 0.25) is 5.16 Å². The molecule has 1 fully saturated rings. The molecule has 0 atom stereocenters. The first-order chi connectivity index (χ1) is 11.4. The third-order valence-corrected chi connectivity index (χ3v) is 5.33. The maximum Gasteiger partial charge on any atom is 0.214 e. The van der Waals surface area contributed by atoms with Crippen LogP contribution in [-0.2, 0) is 0 Å². The normalized spacial score (nSPS) is 15.2. The van der Waals surface area contributed by atoms with Crippen LogP contribution in [-0.4, -0.2) is 39.0 Å². The number of nitrogens with one attached hydrogen (secondary N) is 1. The smallest absolute Gasteiger partial charge is 0.214 e. The zero-order valence-corrected chi connectivity index (χ0v) is 15.6. The highest BCUT2D eigenvalue weighted by molar-refractivity contribution is 7.99. The van der Waals surface area contributed by atoms with E-state index in [1.165, 1.54) is 38.6 Å². The molecule has 1 N–H and O–H groups in total. The topological polar surface area (TPSA) is 55.6 Å². The van der Waals surface area contributed by atoms with Gasteiger partial charge in [0.05, 0.1) is 5.69 Å². The van der Waals surface area contributed by atoms with Crippen LogP contribution in [0.15, 0.2) is 35.5 Å². The number of nitrogens with zero attached hydrogens (tertiary/aromatic N) is 4.